The third-order valence-electron chi connectivity index (χ3n) is 4.76. The number of aromatic amines is 1. The van der Waals surface area contributed by atoms with Crippen LogP contribution in [0.25, 0.3) is 11.0 Å². The summed E-state index contributed by atoms with van der Waals surface area (Å²) in [6.07, 6.45) is 1.88. The summed E-state index contributed by atoms with van der Waals surface area (Å²) >= 11 is 0. The van der Waals surface area contributed by atoms with E-state index in [0.717, 1.165) is 48.4 Å². The Balaban J connectivity index is 1.50. The van der Waals surface area contributed by atoms with E-state index >= 15 is 0 Å². The molecule has 0 amide bonds. The van der Waals surface area contributed by atoms with E-state index in [-0.39, 0.29) is 5.78 Å². The van der Waals surface area contributed by atoms with Crippen molar-refractivity contribution in [1.29, 1.82) is 0 Å². The standard InChI is InChI=1S/C20H21N3O/c1-2-20-21-17-8-7-15(11-18(17)22-20)19(24)13-23-10-9-14-5-3-4-6-16(14)12-23/h3-8,11H,2,9-10,12-13H2,1H3,(H,21,22). The van der Waals surface area contributed by atoms with Crippen molar-refractivity contribution < 1.29 is 4.79 Å². The Labute approximate surface area is 141 Å². The number of aryl methyl sites for hydroxylation is 1. The number of fused-ring (bicyclic) bond motifs is 2. The second-order valence-corrected chi connectivity index (χ2v) is 6.42. The lowest BCUT2D eigenvalue weighted by Gasteiger charge is -2.28. The normalized spacial score (nSPS) is 14.7. The van der Waals surface area contributed by atoms with E-state index in [4.69, 9.17) is 0 Å². The Morgan fingerprint density at radius 2 is 2.04 bits per heavy atom. The SMILES string of the molecule is CCc1nc2ccc(C(=O)CN3CCc4ccccc4C3)cc2[nH]1. The highest BCUT2D eigenvalue weighted by molar-refractivity contribution is 6.00. The van der Waals surface area contributed by atoms with Gasteiger partial charge in [0.2, 0.25) is 0 Å². The van der Waals surface area contributed by atoms with Gasteiger partial charge in [-0.15, -0.1) is 0 Å². The average molecular weight is 319 g/mol. The first-order chi connectivity index (χ1) is 11.7. The van der Waals surface area contributed by atoms with Crippen LogP contribution in [0.4, 0.5) is 0 Å². The molecule has 0 radical (unpaired) electrons. The first kappa shape index (κ1) is 15.1. The van der Waals surface area contributed by atoms with E-state index in [1.54, 1.807) is 0 Å². The Morgan fingerprint density at radius 3 is 2.88 bits per heavy atom. The number of nitrogens with one attached hydrogen (secondary N) is 1. The Kier molecular flexibility index (Phi) is 3.90. The highest BCUT2D eigenvalue weighted by atomic mass is 16.1. The zero-order valence-electron chi connectivity index (χ0n) is 13.9. The number of ketones is 1. The average Bonchev–Trinajstić information content (AvgIpc) is 3.04. The van der Waals surface area contributed by atoms with Gasteiger partial charge in [-0.05, 0) is 35.7 Å². The van der Waals surface area contributed by atoms with E-state index in [0.29, 0.717) is 6.54 Å². The van der Waals surface area contributed by atoms with Gasteiger partial charge in [0.05, 0.1) is 17.6 Å². The topological polar surface area (TPSA) is 49.0 Å². The van der Waals surface area contributed by atoms with Crippen molar-refractivity contribution in [2.24, 2.45) is 0 Å². The van der Waals surface area contributed by atoms with Crippen molar-refractivity contribution in [3.05, 3.63) is 65.0 Å². The van der Waals surface area contributed by atoms with Crippen LogP contribution in [0, 0.1) is 0 Å². The van der Waals surface area contributed by atoms with Gasteiger partial charge in [0, 0.05) is 25.1 Å². The molecule has 0 saturated heterocycles. The van der Waals surface area contributed by atoms with Gasteiger partial charge in [0.1, 0.15) is 5.82 Å². The largest absolute Gasteiger partial charge is 0.342 e. The van der Waals surface area contributed by atoms with E-state index in [2.05, 4.69) is 46.1 Å². The summed E-state index contributed by atoms with van der Waals surface area (Å²) in [5.74, 6) is 1.13. The number of hydrogen-bond acceptors (Lipinski definition) is 3. The highest BCUT2D eigenvalue weighted by Crippen LogP contribution is 2.20. The van der Waals surface area contributed by atoms with Crippen molar-refractivity contribution in [3.63, 3.8) is 0 Å². The number of H-pyrrole nitrogens is 1. The predicted octanol–water partition coefficient (Wildman–Crippen LogP) is 3.37. The lowest BCUT2D eigenvalue weighted by Crippen LogP contribution is -2.34. The minimum absolute atomic E-state index is 0.170. The monoisotopic (exact) mass is 319 g/mol. The van der Waals surface area contributed by atoms with E-state index in [9.17, 15) is 4.79 Å². The maximum Gasteiger partial charge on any atom is 0.176 e. The summed E-state index contributed by atoms with van der Waals surface area (Å²) in [4.78, 5) is 22.7. The van der Waals surface area contributed by atoms with E-state index in [1.807, 2.05) is 18.2 Å². The number of hydrogen-bond donors (Lipinski definition) is 1. The Morgan fingerprint density at radius 1 is 1.21 bits per heavy atom. The van der Waals surface area contributed by atoms with Crippen molar-refractivity contribution >= 4 is 16.8 Å². The Bertz CT molecular complexity index is 897. The molecule has 1 N–H and O–H groups in total. The summed E-state index contributed by atoms with van der Waals surface area (Å²) in [6.45, 7) is 4.33. The molecule has 2 aromatic carbocycles. The van der Waals surface area contributed by atoms with Crippen LogP contribution in [0.3, 0.4) is 0 Å². The first-order valence-corrected chi connectivity index (χ1v) is 8.54. The number of imidazole rings is 1. The summed E-state index contributed by atoms with van der Waals surface area (Å²) in [7, 11) is 0. The molecule has 0 aliphatic carbocycles. The molecule has 1 aliphatic heterocycles. The number of carbonyl (C=O) groups is 1. The number of carbonyl (C=O) groups excluding carboxylic acids is 1. The molecule has 0 atom stereocenters. The van der Waals surface area contributed by atoms with Gasteiger partial charge in [0.25, 0.3) is 0 Å². The predicted molar refractivity (Wildman–Crippen MR) is 95.2 cm³/mol. The molecule has 24 heavy (non-hydrogen) atoms. The fourth-order valence-electron chi connectivity index (χ4n) is 3.39. The van der Waals surface area contributed by atoms with Crippen molar-refractivity contribution in [2.45, 2.75) is 26.3 Å². The fourth-order valence-corrected chi connectivity index (χ4v) is 3.39. The smallest absolute Gasteiger partial charge is 0.176 e. The highest BCUT2D eigenvalue weighted by Gasteiger charge is 2.19. The van der Waals surface area contributed by atoms with Crippen LogP contribution in [-0.2, 0) is 19.4 Å². The number of rotatable bonds is 4. The van der Waals surface area contributed by atoms with Gasteiger partial charge in [-0.25, -0.2) is 4.98 Å². The lowest BCUT2D eigenvalue weighted by atomic mass is 9.99. The van der Waals surface area contributed by atoms with Crippen molar-refractivity contribution in [3.8, 4) is 0 Å². The second kappa shape index (κ2) is 6.21. The molecular formula is C20H21N3O. The van der Waals surface area contributed by atoms with Gasteiger partial charge in [-0.3, -0.25) is 9.69 Å². The summed E-state index contributed by atoms with van der Waals surface area (Å²) < 4.78 is 0. The third kappa shape index (κ3) is 2.85. The van der Waals surface area contributed by atoms with Gasteiger partial charge in [-0.2, -0.15) is 0 Å². The van der Waals surface area contributed by atoms with Gasteiger partial charge < -0.3 is 4.98 Å². The zero-order valence-corrected chi connectivity index (χ0v) is 13.9. The van der Waals surface area contributed by atoms with Crippen LogP contribution in [0.5, 0.6) is 0 Å². The Hall–Kier alpha value is -2.46. The van der Waals surface area contributed by atoms with Crippen LogP contribution in [0.1, 0.15) is 34.2 Å². The molecule has 0 fully saturated rings. The maximum atomic E-state index is 12.7. The van der Waals surface area contributed by atoms with Gasteiger partial charge >= 0.3 is 0 Å². The maximum absolute atomic E-state index is 12.7. The van der Waals surface area contributed by atoms with Crippen LogP contribution in [-0.4, -0.2) is 33.7 Å². The molecule has 0 unspecified atom stereocenters. The lowest BCUT2D eigenvalue weighted by molar-refractivity contribution is 0.0921. The zero-order chi connectivity index (χ0) is 16.5. The van der Waals surface area contributed by atoms with Crippen LogP contribution >= 0.6 is 0 Å². The van der Waals surface area contributed by atoms with Crippen molar-refractivity contribution in [1.82, 2.24) is 14.9 Å². The molecule has 3 aromatic rings. The summed E-state index contributed by atoms with van der Waals surface area (Å²) in [6, 6.07) is 14.3. The quantitative estimate of drug-likeness (QED) is 0.750. The summed E-state index contributed by atoms with van der Waals surface area (Å²) in [5, 5.41) is 0. The number of nitrogens with zero attached hydrogens (tertiary/aromatic N) is 2. The summed E-state index contributed by atoms with van der Waals surface area (Å²) in [5.41, 5.74) is 5.38. The molecule has 0 bridgehead atoms. The number of benzene rings is 2. The molecular weight excluding hydrogens is 298 g/mol. The second-order valence-electron chi connectivity index (χ2n) is 6.42. The van der Waals surface area contributed by atoms with Gasteiger partial charge in [0.15, 0.2) is 5.78 Å². The minimum Gasteiger partial charge on any atom is -0.342 e. The fraction of sp³-hybridized carbons (Fsp3) is 0.300. The van der Waals surface area contributed by atoms with Crippen LogP contribution in [0.15, 0.2) is 42.5 Å². The van der Waals surface area contributed by atoms with Crippen molar-refractivity contribution in [2.75, 3.05) is 13.1 Å². The van der Waals surface area contributed by atoms with Crippen LogP contribution in [0.2, 0.25) is 0 Å². The third-order valence-corrected chi connectivity index (χ3v) is 4.76. The van der Waals surface area contributed by atoms with E-state index in [1.165, 1.54) is 11.1 Å². The molecule has 4 heteroatoms. The minimum atomic E-state index is 0.170. The van der Waals surface area contributed by atoms with E-state index < -0.39 is 0 Å². The molecule has 2 heterocycles. The molecule has 122 valence electrons. The molecule has 4 rings (SSSR count). The molecule has 0 saturated carbocycles. The molecule has 1 aromatic heterocycles. The van der Waals surface area contributed by atoms with Crippen LogP contribution < -0.4 is 0 Å². The first-order valence-electron chi connectivity index (χ1n) is 8.54. The molecule has 0 spiro atoms. The number of Topliss-reactive ketones (excluding diaryl/α,β-unsaturated/α-hetero) is 1. The van der Waals surface area contributed by atoms with Gasteiger partial charge in [-0.1, -0.05) is 31.2 Å². The number of aromatic nitrogens is 2. The molecule has 4 nitrogen and oxygen atoms in total. The molecule has 1 aliphatic rings.